The van der Waals surface area contributed by atoms with Crippen molar-refractivity contribution in [3.05, 3.63) is 29.8 Å². The minimum Gasteiger partial charge on any atom is -0.352 e. The molecule has 0 aromatic heterocycles. The molecular formula is C15H25N3O. The molecule has 0 radical (unpaired) electrons. The van der Waals surface area contributed by atoms with Gasteiger partial charge in [0, 0.05) is 17.8 Å². The maximum absolute atomic E-state index is 11.8. The van der Waals surface area contributed by atoms with Crippen LogP contribution in [0.15, 0.2) is 24.3 Å². The van der Waals surface area contributed by atoms with E-state index in [2.05, 4.69) is 17.7 Å². The van der Waals surface area contributed by atoms with Crippen molar-refractivity contribution in [1.82, 2.24) is 5.32 Å². The van der Waals surface area contributed by atoms with E-state index < -0.39 is 0 Å². The van der Waals surface area contributed by atoms with Crippen molar-refractivity contribution in [1.29, 1.82) is 0 Å². The Morgan fingerprint density at radius 3 is 2.32 bits per heavy atom. The van der Waals surface area contributed by atoms with Crippen molar-refractivity contribution in [3.8, 4) is 0 Å². The first-order valence-electron chi connectivity index (χ1n) is 7.12. The predicted molar refractivity (Wildman–Crippen MR) is 80.0 cm³/mol. The Labute approximate surface area is 115 Å². The van der Waals surface area contributed by atoms with Crippen molar-refractivity contribution < 1.29 is 4.79 Å². The molecule has 0 aliphatic heterocycles. The van der Waals surface area contributed by atoms with Crippen molar-refractivity contribution >= 4 is 11.6 Å². The van der Waals surface area contributed by atoms with Crippen LogP contribution in [-0.4, -0.2) is 12.5 Å². The third-order valence-electron chi connectivity index (χ3n) is 3.13. The highest BCUT2D eigenvalue weighted by molar-refractivity contribution is 5.94. The average molecular weight is 263 g/mol. The molecule has 4 nitrogen and oxygen atoms in total. The van der Waals surface area contributed by atoms with Crippen LogP contribution in [0.2, 0.25) is 0 Å². The lowest BCUT2D eigenvalue weighted by Crippen LogP contribution is -2.24. The van der Waals surface area contributed by atoms with E-state index in [1.54, 1.807) is 24.3 Å². The third kappa shape index (κ3) is 6.25. The van der Waals surface area contributed by atoms with Gasteiger partial charge < -0.3 is 10.7 Å². The highest BCUT2D eigenvalue weighted by Gasteiger charge is 2.03. The quantitative estimate of drug-likeness (QED) is 0.364. The van der Waals surface area contributed by atoms with E-state index in [4.69, 9.17) is 5.84 Å². The molecule has 0 fully saturated rings. The standard InChI is InChI=1S/C15H25N3O/c1-2-3-4-5-6-7-12-17-15(19)13-8-10-14(18-16)11-9-13/h8-11,18H,2-7,12,16H2,1H3,(H,17,19). The number of anilines is 1. The molecule has 0 unspecified atom stereocenters. The fraction of sp³-hybridized carbons (Fsp3) is 0.533. The van der Waals surface area contributed by atoms with Crippen LogP contribution in [0.3, 0.4) is 0 Å². The second-order valence-electron chi connectivity index (χ2n) is 4.75. The Bertz CT molecular complexity index is 362. The summed E-state index contributed by atoms with van der Waals surface area (Å²) in [6.07, 6.45) is 7.39. The zero-order valence-electron chi connectivity index (χ0n) is 11.7. The van der Waals surface area contributed by atoms with Gasteiger partial charge >= 0.3 is 0 Å². The van der Waals surface area contributed by atoms with Crippen LogP contribution in [0.1, 0.15) is 55.8 Å². The number of nitrogens with two attached hydrogens (primary N) is 1. The molecule has 0 saturated carbocycles. The number of hydrogen-bond acceptors (Lipinski definition) is 3. The van der Waals surface area contributed by atoms with E-state index in [0.717, 1.165) is 18.7 Å². The second-order valence-corrected chi connectivity index (χ2v) is 4.75. The Morgan fingerprint density at radius 1 is 1.05 bits per heavy atom. The molecule has 1 amide bonds. The van der Waals surface area contributed by atoms with E-state index in [9.17, 15) is 4.79 Å². The summed E-state index contributed by atoms with van der Waals surface area (Å²) in [6, 6.07) is 7.12. The maximum atomic E-state index is 11.8. The molecular weight excluding hydrogens is 238 g/mol. The first kappa shape index (κ1) is 15.5. The summed E-state index contributed by atoms with van der Waals surface area (Å²) in [5.74, 6) is 5.26. The fourth-order valence-corrected chi connectivity index (χ4v) is 1.93. The number of hydrogen-bond donors (Lipinski definition) is 3. The minimum atomic E-state index is -0.0165. The molecule has 106 valence electrons. The van der Waals surface area contributed by atoms with Gasteiger partial charge in [-0.05, 0) is 30.7 Å². The number of benzene rings is 1. The van der Waals surface area contributed by atoms with Crippen LogP contribution in [0.4, 0.5) is 5.69 Å². The second kappa shape index (κ2) is 9.39. The van der Waals surface area contributed by atoms with Crippen LogP contribution >= 0.6 is 0 Å². The van der Waals surface area contributed by atoms with E-state index >= 15 is 0 Å². The van der Waals surface area contributed by atoms with Gasteiger partial charge in [0.1, 0.15) is 0 Å². The number of hydrazine groups is 1. The average Bonchev–Trinajstić information content (AvgIpc) is 2.46. The number of rotatable bonds is 9. The first-order valence-corrected chi connectivity index (χ1v) is 7.12. The molecule has 0 saturated heterocycles. The molecule has 1 aromatic carbocycles. The SMILES string of the molecule is CCCCCCCCNC(=O)c1ccc(NN)cc1. The summed E-state index contributed by atoms with van der Waals surface area (Å²) in [5.41, 5.74) is 4.01. The molecule has 19 heavy (non-hydrogen) atoms. The Hall–Kier alpha value is -1.55. The van der Waals surface area contributed by atoms with Crippen LogP contribution in [0.5, 0.6) is 0 Å². The zero-order valence-corrected chi connectivity index (χ0v) is 11.7. The van der Waals surface area contributed by atoms with Crippen LogP contribution < -0.4 is 16.6 Å². The first-order chi connectivity index (χ1) is 9.27. The lowest BCUT2D eigenvalue weighted by Gasteiger charge is -2.06. The third-order valence-corrected chi connectivity index (χ3v) is 3.13. The maximum Gasteiger partial charge on any atom is 0.251 e. The molecule has 0 atom stereocenters. The minimum absolute atomic E-state index is 0.0165. The van der Waals surface area contributed by atoms with E-state index in [1.807, 2.05) is 0 Å². The Morgan fingerprint density at radius 2 is 1.68 bits per heavy atom. The number of carbonyl (C=O) groups is 1. The van der Waals surface area contributed by atoms with Crippen LogP contribution in [-0.2, 0) is 0 Å². The number of nitrogen functional groups attached to an aromatic ring is 1. The monoisotopic (exact) mass is 263 g/mol. The molecule has 0 bridgehead atoms. The van der Waals surface area contributed by atoms with E-state index in [-0.39, 0.29) is 5.91 Å². The van der Waals surface area contributed by atoms with Gasteiger partial charge in [0.05, 0.1) is 0 Å². The molecule has 0 spiro atoms. The molecule has 1 rings (SSSR count). The van der Waals surface area contributed by atoms with Crippen LogP contribution in [0, 0.1) is 0 Å². The van der Waals surface area contributed by atoms with Gasteiger partial charge in [0.15, 0.2) is 0 Å². The topological polar surface area (TPSA) is 67.2 Å². The molecule has 0 aliphatic rings. The van der Waals surface area contributed by atoms with E-state index in [0.29, 0.717) is 5.56 Å². The van der Waals surface area contributed by atoms with Gasteiger partial charge in [-0.2, -0.15) is 0 Å². The fourth-order valence-electron chi connectivity index (χ4n) is 1.93. The molecule has 4 heteroatoms. The van der Waals surface area contributed by atoms with Crippen LogP contribution in [0.25, 0.3) is 0 Å². The molecule has 4 N–H and O–H groups in total. The molecule has 0 aliphatic carbocycles. The smallest absolute Gasteiger partial charge is 0.251 e. The lowest BCUT2D eigenvalue weighted by molar-refractivity contribution is 0.0953. The highest BCUT2D eigenvalue weighted by Crippen LogP contribution is 2.08. The zero-order chi connectivity index (χ0) is 13.9. The summed E-state index contributed by atoms with van der Waals surface area (Å²) >= 11 is 0. The largest absolute Gasteiger partial charge is 0.352 e. The summed E-state index contributed by atoms with van der Waals surface area (Å²) in [6.45, 7) is 2.97. The van der Waals surface area contributed by atoms with Crippen molar-refractivity contribution in [2.75, 3.05) is 12.0 Å². The number of nitrogens with one attached hydrogen (secondary N) is 2. The van der Waals surface area contributed by atoms with Gasteiger partial charge in [-0.15, -0.1) is 0 Å². The van der Waals surface area contributed by atoms with Gasteiger partial charge in [0.2, 0.25) is 0 Å². The molecule has 1 aromatic rings. The summed E-state index contributed by atoms with van der Waals surface area (Å²) < 4.78 is 0. The lowest BCUT2D eigenvalue weighted by atomic mass is 10.1. The summed E-state index contributed by atoms with van der Waals surface area (Å²) in [5, 5.41) is 2.94. The van der Waals surface area contributed by atoms with Gasteiger partial charge in [0.25, 0.3) is 5.91 Å². The van der Waals surface area contributed by atoms with Gasteiger partial charge in [-0.3, -0.25) is 10.6 Å². The van der Waals surface area contributed by atoms with Gasteiger partial charge in [-0.25, -0.2) is 0 Å². The summed E-state index contributed by atoms with van der Waals surface area (Å²) in [7, 11) is 0. The van der Waals surface area contributed by atoms with Crippen molar-refractivity contribution in [2.45, 2.75) is 45.4 Å². The van der Waals surface area contributed by atoms with Gasteiger partial charge in [-0.1, -0.05) is 39.0 Å². The normalized spacial score (nSPS) is 10.2. The molecule has 0 heterocycles. The van der Waals surface area contributed by atoms with E-state index in [1.165, 1.54) is 32.1 Å². The number of amides is 1. The van der Waals surface area contributed by atoms with Crippen molar-refractivity contribution in [3.63, 3.8) is 0 Å². The predicted octanol–water partition coefficient (Wildman–Crippen LogP) is 3.06. The Balaban J connectivity index is 2.16. The Kier molecular flexibility index (Phi) is 7.66. The summed E-state index contributed by atoms with van der Waals surface area (Å²) in [4.78, 5) is 11.8. The number of unbranched alkanes of at least 4 members (excludes halogenated alkanes) is 5. The van der Waals surface area contributed by atoms with Crippen molar-refractivity contribution in [2.24, 2.45) is 5.84 Å². The number of carbonyl (C=O) groups excluding carboxylic acids is 1. The highest BCUT2D eigenvalue weighted by atomic mass is 16.1.